The van der Waals surface area contributed by atoms with Gasteiger partial charge in [0.05, 0.1) is 0 Å². The predicted octanol–water partition coefficient (Wildman–Crippen LogP) is 1.42. The molecule has 3 nitrogen and oxygen atoms in total. The molecule has 82 valence electrons. The van der Waals surface area contributed by atoms with Gasteiger partial charge in [-0.1, -0.05) is 13.3 Å². The molecule has 0 aromatic rings. The number of hydrogen-bond donors (Lipinski definition) is 2. The Morgan fingerprint density at radius 2 is 2.21 bits per heavy atom. The van der Waals surface area contributed by atoms with E-state index < -0.39 is 0 Å². The molecule has 1 aliphatic rings. The molecule has 1 aliphatic carbocycles. The van der Waals surface area contributed by atoms with Crippen molar-refractivity contribution in [3.63, 3.8) is 0 Å². The number of rotatable bonds is 5. The van der Waals surface area contributed by atoms with Crippen molar-refractivity contribution in [3.8, 4) is 0 Å². The summed E-state index contributed by atoms with van der Waals surface area (Å²) in [5.41, 5.74) is 5.57. The minimum Gasteiger partial charge on any atom is -0.353 e. The highest BCUT2D eigenvalue weighted by Gasteiger charge is 2.36. The number of amides is 1. The first kappa shape index (κ1) is 11.5. The van der Waals surface area contributed by atoms with Gasteiger partial charge in [0, 0.05) is 18.0 Å². The van der Waals surface area contributed by atoms with Crippen molar-refractivity contribution >= 4 is 5.91 Å². The maximum Gasteiger partial charge on any atom is 0.220 e. The number of nitrogens with two attached hydrogens (primary N) is 1. The Balaban J connectivity index is 2.12. The predicted molar refractivity (Wildman–Crippen MR) is 57.8 cm³/mol. The summed E-state index contributed by atoms with van der Waals surface area (Å²) in [4.78, 5) is 11.4. The molecule has 0 spiro atoms. The van der Waals surface area contributed by atoms with Crippen LogP contribution in [-0.2, 0) is 4.79 Å². The zero-order valence-corrected chi connectivity index (χ0v) is 9.47. The lowest BCUT2D eigenvalue weighted by Gasteiger charge is -2.17. The Labute approximate surface area is 86.4 Å². The summed E-state index contributed by atoms with van der Waals surface area (Å²) in [6.07, 6.45) is 3.64. The molecule has 0 aromatic heterocycles. The molecular weight excluding hydrogens is 176 g/mol. The zero-order chi connectivity index (χ0) is 10.8. The first-order valence-corrected chi connectivity index (χ1v) is 5.50. The summed E-state index contributed by atoms with van der Waals surface area (Å²) >= 11 is 0. The van der Waals surface area contributed by atoms with Crippen LogP contribution in [0.5, 0.6) is 0 Å². The van der Waals surface area contributed by atoms with Crippen molar-refractivity contribution in [2.45, 2.75) is 58.0 Å². The number of carbonyl (C=O) groups is 1. The van der Waals surface area contributed by atoms with Crippen LogP contribution >= 0.6 is 0 Å². The third-order valence-corrected chi connectivity index (χ3v) is 2.79. The number of nitrogens with one attached hydrogen (secondary N) is 1. The van der Waals surface area contributed by atoms with Gasteiger partial charge in [-0.2, -0.15) is 0 Å². The van der Waals surface area contributed by atoms with Crippen molar-refractivity contribution in [3.05, 3.63) is 0 Å². The normalized spacial score (nSPS) is 26.0. The molecule has 14 heavy (non-hydrogen) atoms. The molecule has 1 saturated carbocycles. The van der Waals surface area contributed by atoms with E-state index in [1.54, 1.807) is 0 Å². The van der Waals surface area contributed by atoms with E-state index >= 15 is 0 Å². The monoisotopic (exact) mass is 198 g/mol. The van der Waals surface area contributed by atoms with Crippen LogP contribution in [-0.4, -0.2) is 17.5 Å². The average Bonchev–Trinajstić information content (AvgIpc) is 2.79. The molecule has 0 saturated heterocycles. The van der Waals surface area contributed by atoms with E-state index in [0.29, 0.717) is 12.5 Å². The first-order valence-electron chi connectivity index (χ1n) is 5.50. The molecule has 0 bridgehead atoms. The largest absolute Gasteiger partial charge is 0.353 e. The quantitative estimate of drug-likeness (QED) is 0.702. The molecule has 2 unspecified atom stereocenters. The third-order valence-electron chi connectivity index (χ3n) is 2.79. The number of hydrogen-bond acceptors (Lipinski definition) is 2. The molecule has 0 radical (unpaired) electrons. The highest BCUT2D eigenvalue weighted by atomic mass is 16.1. The first-order chi connectivity index (χ1) is 6.42. The van der Waals surface area contributed by atoms with Crippen molar-refractivity contribution < 1.29 is 4.79 Å². The van der Waals surface area contributed by atoms with Crippen molar-refractivity contribution in [1.29, 1.82) is 0 Å². The topological polar surface area (TPSA) is 55.1 Å². The van der Waals surface area contributed by atoms with E-state index in [-0.39, 0.29) is 11.4 Å². The molecular formula is C11H22N2O. The van der Waals surface area contributed by atoms with Gasteiger partial charge in [0.15, 0.2) is 0 Å². The summed E-state index contributed by atoms with van der Waals surface area (Å²) < 4.78 is 0. The molecule has 0 aliphatic heterocycles. The van der Waals surface area contributed by atoms with Gasteiger partial charge in [0.25, 0.3) is 0 Å². The summed E-state index contributed by atoms with van der Waals surface area (Å²) in [6.45, 7) is 6.07. The second-order valence-electron chi connectivity index (χ2n) is 5.07. The minimum atomic E-state index is -0.231. The SMILES string of the molecule is CCC1CC1NC(=O)CCC(C)(C)N. The van der Waals surface area contributed by atoms with Crippen molar-refractivity contribution in [2.24, 2.45) is 11.7 Å². The van der Waals surface area contributed by atoms with Gasteiger partial charge < -0.3 is 11.1 Å². The van der Waals surface area contributed by atoms with Gasteiger partial charge in [-0.15, -0.1) is 0 Å². The lowest BCUT2D eigenvalue weighted by molar-refractivity contribution is -0.121. The fraction of sp³-hybridized carbons (Fsp3) is 0.909. The Morgan fingerprint density at radius 1 is 1.57 bits per heavy atom. The minimum absolute atomic E-state index is 0.157. The van der Waals surface area contributed by atoms with E-state index in [4.69, 9.17) is 5.73 Å². The lowest BCUT2D eigenvalue weighted by atomic mass is 10.00. The van der Waals surface area contributed by atoms with Crippen molar-refractivity contribution in [1.82, 2.24) is 5.32 Å². The van der Waals surface area contributed by atoms with E-state index in [1.165, 1.54) is 6.42 Å². The Hall–Kier alpha value is -0.570. The molecule has 1 amide bonds. The van der Waals surface area contributed by atoms with Crippen LogP contribution in [0.2, 0.25) is 0 Å². The van der Waals surface area contributed by atoms with Crippen LogP contribution < -0.4 is 11.1 Å². The molecule has 3 heteroatoms. The highest BCUT2D eigenvalue weighted by Crippen LogP contribution is 2.33. The van der Waals surface area contributed by atoms with Crippen LogP contribution in [0.15, 0.2) is 0 Å². The summed E-state index contributed by atoms with van der Waals surface area (Å²) in [7, 11) is 0. The van der Waals surface area contributed by atoms with E-state index in [2.05, 4.69) is 12.2 Å². The van der Waals surface area contributed by atoms with E-state index in [0.717, 1.165) is 18.8 Å². The van der Waals surface area contributed by atoms with Crippen LogP contribution in [0.3, 0.4) is 0 Å². The zero-order valence-electron chi connectivity index (χ0n) is 9.47. The highest BCUT2D eigenvalue weighted by molar-refractivity contribution is 5.76. The molecule has 2 atom stereocenters. The van der Waals surface area contributed by atoms with Crippen LogP contribution in [0.1, 0.15) is 46.5 Å². The summed E-state index contributed by atoms with van der Waals surface area (Å²) in [5.74, 6) is 0.884. The van der Waals surface area contributed by atoms with Gasteiger partial charge in [-0.25, -0.2) is 0 Å². The van der Waals surface area contributed by atoms with E-state index in [9.17, 15) is 4.79 Å². The fourth-order valence-corrected chi connectivity index (χ4v) is 1.59. The molecule has 0 aromatic carbocycles. The summed E-state index contributed by atoms with van der Waals surface area (Å²) in [5, 5.41) is 3.03. The second-order valence-corrected chi connectivity index (χ2v) is 5.07. The van der Waals surface area contributed by atoms with Crippen LogP contribution in [0.25, 0.3) is 0 Å². The molecule has 1 fully saturated rings. The Bertz CT molecular complexity index is 208. The Morgan fingerprint density at radius 3 is 2.64 bits per heavy atom. The molecule has 1 rings (SSSR count). The van der Waals surface area contributed by atoms with Gasteiger partial charge in [-0.05, 0) is 32.6 Å². The van der Waals surface area contributed by atoms with Gasteiger partial charge in [0.2, 0.25) is 5.91 Å². The van der Waals surface area contributed by atoms with Gasteiger partial charge in [-0.3, -0.25) is 4.79 Å². The smallest absolute Gasteiger partial charge is 0.220 e. The molecule has 3 N–H and O–H groups in total. The maximum atomic E-state index is 11.4. The Kier molecular flexibility index (Phi) is 3.53. The standard InChI is InChI=1S/C11H22N2O/c1-4-8-7-9(8)13-10(14)5-6-11(2,3)12/h8-9H,4-7,12H2,1-3H3,(H,13,14). The third kappa shape index (κ3) is 4.09. The van der Waals surface area contributed by atoms with Gasteiger partial charge >= 0.3 is 0 Å². The van der Waals surface area contributed by atoms with Crippen LogP contribution in [0, 0.1) is 5.92 Å². The number of carbonyl (C=O) groups excluding carboxylic acids is 1. The lowest BCUT2D eigenvalue weighted by Crippen LogP contribution is -2.35. The van der Waals surface area contributed by atoms with E-state index in [1.807, 2.05) is 13.8 Å². The average molecular weight is 198 g/mol. The second kappa shape index (κ2) is 4.30. The summed E-state index contributed by atoms with van der Waals surface area (Å²) in [6, 6.07) is 0.452. The maximum absolute atomic E-state index is 11.4. The van der Waals surface area contributed by atoms with Crippen LogP contribution in [0.4, 0.5) is 0 Å². The fourth-order valence-electron chi connectivity index (χ4n) is 1.59. The molecule has 0 heterocycles. The van der Waals surface area contributed by atoms with Crippen molar-refractivity contribution in [2.75, 3.05) is 0 Å². The van der Waals surface area contributed by atoms with Gasteiger partial charge in [0.1, 0.15) is 0 Å².